The molecule has 1 amide bonds. The van der Waals surface area contributed by atoms with Crippen molar-refractivity contribution in [2.24, 2.45) is 0 Å². The first-order valence-electron chi connectivity index (χ1n) is 11.0. The fourth-order valence-corrected chi connectivity index (χ4v) is 4.71. The fraction of sp³-hybridized carbons (Fsp3) is 0.417. The summed E-state index contributed by atoms with van der Waals surface area (Å²) < 4.78 is 14.4. The number of fused-ring (bicyclic) bond motifs is 1. The maximum atomic E-state index is 14.4. The molecule has 0 aromatic heterocycles. The Morgan fingerprint density at radius 2 is 2.06 bits per heavy atom. The molecule has 1 fully saturated rings. The van der Waals surface area contributed by atoms with Gasteiger partial charge in [-0.2, -0.15) is 0 Å². The van der Waals surface area contributed by atoms with Crippen LogP contribution < -0.4 is 16.0 Å². The highest BCUT2D eigenvalue weighted by atomic mass is 19.1. The molecule has 0 radical (unpaired) electrons. The summed E-state index contributed by atoms with van der Waals surface area (Å²) in [6, 6.07) is 9.99. The van der Waals surface area contributed by atoms with Gasteiger partial charge in [-0.15, -0.1) is 0 Å². The zero-order valence-corrected chi connectivity index (χ0v) is 18.4. The van der Waals surface area contributed by atoms with E-state index in [-0.39, 0.29) is 23.5 Å². The third-order valence-corrected chi connectivity index (χ3v) is 6.45. The van der Waals surface area contributed by atoms with Crippen LogP contribution in [0, 0.1) is 5.82 Å². The second-order valence-corrected chi connectivity index (χ2v) is 8.52. The van der Waals surface area contributed by atoms with Gasteiger partial charge in [0, 0.05) is 35.9 Å². The summed E-state index contributed by atoms with van der Waals surface area (Å²) in [5.74, 6) is -0.834. The molecule has 0 spiro atoms. The second kappa shape index (κ2) is 8.88. The zero-order valence-electron chi connectivity index (χ0n) is 18.4. The zero-order chi connectivity index (χ0) is 22.9. The maximum Gasteiger partial charge on any atom is 0.249 e. The van der Waals surface area contributed by atoms with Gasteiger partial charge in [0.25, 0.3) is 0 Å². The number of hydrogen-bond acceptors (Lipinski definition) is 6. The van der Waals surface area contributed by atoms with Crippen molar-refractivity contribution in [2.45, 2.75) is 38.3 Å². The van der Waals surface area contributed by atoms with Crippen molar-refractivity contribution in [1.82, 2.24) is 4.90 Å². The SMILES string of the molecule is CCNc1cc(F)cc2c1NC(=O)C2(C)N1CCC[C@@H](Nc2ccc(C(=O)CO)cc2)C1. The van der Waals surface area contributed by atoms with Crippen LogP contribution in [0.5, 0.6) is 0 Å². The van der Waals surface area contributed by atoms with Gasteiger partial charge in [-0.05, 0) is 69.6 Å². The van der Waals surface area contributed by atoms with Gasteiger partial charge in [0.2, 0.25) is 5.91 Å². The summed E-state index contributed by atoms with van der Waals surface area (Å²) in [6.07, 6.45) is 1.83. The van der Waals surface area contributed by atoms with E-state index in [1.54, 1.807) is 12.1 Å². The Balaban J connectivity index is 1.55. The number of nitrogens with one attached hydrogen (secondary N) is 3. The summed E-state index contributed by atoms with van der Waals surface area (Å²) in [5, 5.41) is 18.6. The third kappa shape index (κ3) is 3.96. The number of aliphatic hydroxyl groups excluding tert-OH is 1. The molecular formula is C24H29FN4O3. The molecule has 2 aromatic carbocycles. The van der Waals surface area contributed by atoms with Crippen LogP contribution in [0.15, 0.2) is 36.4 Å². The van der Waals surface area contributed by atoms with Gasteiger partial charge in [-0.25, -0.2) is 4.39 Å². The number of halogens is 1. The smallest absolute Gasteiger partial charge is 0.249 e. The Hall–Kier alpha value is -2.97. The van der Waals surface area contributed by atoms with E-state index in [4.69, 9.17) is 5.11 Å². The second-order valence-electron chi connectivity index (χ2n) is 8.52. The Kier molecular flexibility index (Phi) is 6.17. The molecule has 0 aliphatic carbocycles. The molecule has 1 saturated heterocycles. The largest absolute Gasteiger partial charge is 0.388 e. The van der Waals surface area contributed by atoms with Crippen LogP contribution in [0.25, 0.3) is 0 Å². The van der Waals surface area contributed by atoms with Crippen molar-refractivity contribution in [1.29, 1.82) is 0 Å². The van der Waals surface area contributed by atoms with E-state index in [9.17, 15) is 14.0 Å². The number of carbonyl (C=O) groups excluding carboxylic acids is 2. The molecule has 7 nitrogen and oxygen atoms in total. The van der Waals surface area contributed by atoms with Crippen molar-refractivity contribution < 1.29 is 19.1 Å². The van der Waals surface area contributed by atoms with E-state index < -0.39 is 12.1 Å². The average molecular weight is 441 g/mol. The molecule has 2 heterocycles. The number of carbonyl (C=O) groups is 2. The van der Waals surface area contributed by atoms with Gasteiger partial charge < -0.3 is 21.1 Å². The molecule has 1 unspecified atom stereocenters. The van der Waals surface area contributed by atoms with Crippen molar-refractivity contribution >= 4 is 28.8 Å². The lowest BCUT2D eigenvalue weighted by Crippen LogP contribution is -2.55. The van der Waals surface area contributed by atoms with E-state index in [2.05, 4.69) is 20.9 Å². The minimum Gasteiger partial charge on any atom is -0.388 e. The average Bonchev–Trinajstić information content (AvgIpc) is 3.05. The lowest BCUT2D eigenvalue weighted by molar-refractivity contribution is -0.127. The first-order chi connectivity index (χ1) is 15.4. The maximum absolute atomic E-state index is 14.4. The van der Waals surface area contributed by atoms with E-state index in [0.717, 1.165) is 25.1 Å². The highest BCUT2D eigenvalue weighted by Crippen LogP contribution is 2.45. The minimum absolute atomic E-state index is 0.0959. The summed E-state index contributed by atoms with van der Waals surface area (Å²) in [5.41, 5.74) is 2.29. The van der Waals surface area contributed by atoms with Crippen LogP contribution in [-0.2, 0) is 10.3 Å². The predicted octanol–water partition coefficient (Wildman–Crippen LogP) is 3.18. The summed E-state index contributed by atoms with van der Waals surface area (Å²) in [6.45, 7) is 5.26. The van der Waals surface area contributed by atoms with E-state index in [1.807, 2.05) is 26.0 Å². The number of likely N-dealkylation sites (tertiary alicyclic amines) is 1. The first-order valence-corrected chi connectivity index (χ1v) is 11.0. The highest BCUT2D eigenvalue weighted by molar-refractivity contribution is 6.08. The molecule has 2 aliphatic rings. The van der Waals surface area contributed by atoms with Crippen molar-refractivity contribution in [3.8, 4) is 0 Å². The van der Waals surface area contributed by atoms with Gasteiger partial charge in [0.15, 0.2) is 5.78 Å². The molecular weight excluding hydrogens is 411 g/mol. The van der Waals surface area contributed by atoms with Gasteiger partial charge >= 0.3 is 0 Å². The molecule has 2 atom stereocenters. The number of anilines is 3. The Bertz CT molecular complexity index is 1030. The highest BCUT2D eigenvalue weighted by Gasteiger charge is 2.49. The van der Waals surface area contributed by atoms with Crippen LogP contribution in [0.4, 0.5) is 21.5 Å². The number of rotatable bonds is 7. The third-order valence-electron chi connectivity index (χ3n) is 6.45. The van der Waals surface area contributed by atoms with E-state index >= 15 is 0 Å². The number of ketones is 1. The quantitative estimate of drug-likeness (QED) is 0.494. The Morgan fingerprint density at radius 3 is 2.75 bits per heavy atom. The van der Waals surface area contributed by atoms with Crippen LogP contribution in [0.3, 0.4) is 0 Å². The molecule has 2 aromatic rings. The number of hydrogen-bond donors (Lipinski definition) is 4. The normalized spacial score (nSPS) is 22.9. The number of nitrogens with zero attached hydrogens (tertiary/aromatic N) is 1. The Labute approximate surface area is 187 Å². The lowest BCUT2D eigenvalue weighted by Gasteiger charge is -2.42. The predicted molar refractivity (Wildman–Crippen MR) is 123 cm³/mol. The lowest BCUT2D eigenvalue weighted by atomic mass is 9.88. The van der Waals surface area contributed by atoms with E-state index in [1.165, 1.54) is 12.1 Å². The number of amides is 1. The molecule has 0 bridgehead atoms. The minimum atomic E-state index is -0.959. The number of benzene rings is 2. The van der Waals surface area contributed by atoms with E-state index in [0.29, 0.717) is 35.6 Å². The van der Waals surface area contributed by atoms with Crippen molar-refractivity contribution in [2.75, 3.05) is 42.2 Å². The first kappa shape index (κ1) is 22.2. The summed E-state index contributed by atoms with van der Waals surface area (Å²) in [4.78, 5) is 26.9. The summed E-state index contributed by atoms with van der Waals surface area (Å²) in [7, 11) is 0. The van der Waals surface area contributed by atoms with Gasteiger partial charge in [-0.1, -0.05) is 0 Å². The fourth-order valence-electron chi connectivity index (χ4n) is 4.71. The van der Waals surface area contributed by atoms with Crippen LogP contribution in [0.1, 0.15) is 42.6 Å². The topological polar surface area (TPSA) is 93.7 Å². The number of aliphatic hydroxyl groups is 1. The Morgan fingerprint density at radius 1 is 1.31 bits per heavy atom. The van der Waals surface area contributed by atoms with Crippen LogP contribution in [0.2, 0.25) is 0 Å². The van der Waals surface area contributed by atoms with Gasteiger partial charge in [-0.3, -0.25) is 14.5 Å². The monoisotopic (exact) mass is 440 g/mol. The summed E-state index contributed by atoms with van der Waals surface area (Å²) >= 11 is 0. The molecule has 8 heteroatoms. The molecule has 32 heavy (non-hydrogen) atoms. The molecule has 0 saturated carbocycles. The van der Waals surface area contributed by atoms with Crippen LogP contribution in [-0.4, -0.2) is 54.0 Å². The van der Waals surface area contributed by atoms with Crippen LogP contribution >= 0.6 is 0 Å². The molecule has 170 valence electrons. The standard InChI is InChI=1S/C24H29FN4O3/c1-3-26-20-12-16(25)11-19-22(20)28-23(32)24(19,2)29-10-4-5-18(13-29)27-17-8-6-15(7-9-17)21(31)14-30/h6-9,11-12,18,26-27,30H,3-5,10,13-14H2,1-2H3,(H,28,32)/t18-,24?/m1/s1. The molecule has 4 N–H and O–H groups in total. The molecule has 4 rings (SSSR count). The molecule has 2 aliphatic heterocycles. The van der Waals surface area contributed by atoms with Gasteiger partial charge in [0.05, 0.1) is 11.4 Å². The number of Topliss-reactive ketones (excluding diaryl/α,β-unsaturated/α-hetero) is 1. The number of piperidine rings is 1. The van der Waals surface area contributed by atoms with Gasteiger partial charge in [0.1, 0.15) is 18.0 Å². The van der Waals surface area contributed by atoms with Crippen molar-refractivity contribution in [3.05, 3.63) is 53.3 Å². The van der Waals surface area contributed by atoms with Crippen molar-refractivity contribution in [3.63, 3.8) is 0 Å².